The average Bonchev–Trinajstić information content (AvgIpc) is 2.70. The number of nitrogens with one attached hydrogen (secondary N) is 1. The van der Waals surface area contributed by atoms with Crippen LogP contribution in [0.15, 0.2) is 48.5 Å². The Labute approximate surface area is 167 Å². The largest absolute Gasteiger partial charge is 0.490 e. The molecule has 0 saturated heterocycles. The maximum absolute atomic E-state index is 11.0. The molecule has 0 bridgehead atoms. The van der Waals surface area contributed by atoms with E-state index in [-0.39, 0.29) is 5.54 Å². The van der Waals surface area contributed by atoms with Gasteiger partial charge in [0.25, 0.3) is 0 Å². The van der Waals surface area contributed by atoms with E-state index in [1.165, 1.54) is 0 Å². The minimum Gasteiger partial charge on any atom is -0.490 e. The molecule has 1 N–H and O–H groups in total. The molecule has 28 heavy (non-hydrogen) atoms. The van der Waals surface area contributed by atoms with Gasteiger partial charge in [0.1, 0.15) is 6.61 Å². The van der Waals surface area contributed by atoms with Crippen LogP contribution >= 0.6 is 0 Å². The van der Waals surface area contributed by atoms with Crippen molar-refractivity contribution in [1.29, 1.82) is 0 Å². The fourth-order valence-electron chi connectivity index (χ4n) is 3.51. The monoisotopic (exact) mass is 383 g/mol. The molecule has 5 heteroatoms. The molecule has 0 unspecified atom stereocenters. The van der Waals surface area contributed by atoms with E-state index in [0.29, 0.717) is 19.8 Å². The zero-order chi connectivity index (χ0) is 19.7. The van der Waals surface area contributed by atoms with Crippen molar-refractivity contribution in [3.05, 3.63) is 59.7 Å². The molecular formula is C23H29NO4. The van der Waals surface area contributed by atoms with E-state index in [1.54, 1.807) is 7.11 Å². The summed E-state index contributed by atoms with van der Waals surface area (Å²) in [5, 5.41) is 3.02. The van der Waals surface area contributed by atoms with Crippen molar-refractivity contribution < 1.29 is 19.0 Å². The first-order chi connectivity index (χ1) is 13.7. The number of hydrogen-bond acceptors (Lipinski definition) is 4. The van der Waals surface area contributed by atoms with Gasteiger partial charge in [-0.3, -0.25) is 4.79 Å². The molecule has 0 aromatic heterocycles. The number of methoxy groups -OCH3 is 1. The topological polar surface area (TPSA) is 56.8 Å². The van der Waals surface area contributed by atoms with Gasteiger partial charge >= 0.3 is 0 Å². The summed E-state index contributed by atoms with van der Waals surface area (Å²) in [7, 11) is 1.69. The first-order valence-corrected chi connectivity index (χ1v) is 9.87. The Morgan fingerprint density at radius 3 is 2.50 bits per heavy atom. The van der Waals surface area contributed by atoms with Crippen molar-refractivity contribution in [1.82, 2.24) is 5.32 Å². The quantitative estimate of drug-likeness (QED) is 0.446. The molecule has 5 nitrogen and oxygen atoms in total. The second kappa shape index (κ2) is 10.1. The molecule has 1 aliphatic carbocycles. The molecule has 0 aliphatic heterocycles. The number of carbonyl (C=O) groups is 1. The number of hydrogen-bond donors (Lipinski definition) is 1. The van der Waals surface area contributed by atoms with E-state index in [2.05, 4.69) is 11.4 Å². The van der Waals surface area contributed by atoms with Gasteiger partial charge in [0.15, 0.2) is 11.5 Å². The second-order valence-electron chi connectivity index (χ2n) is 7.32. The van der Waals surface area contributed by atoms with Crippen molar-refractivity contribution >= 4 is 6.41 Å². The van der Waals surface area contributed by atoms with Crippen LogP contribution in [0.25, 0.3) is 0 Å². The van der Waals surface area contributed by atoms with E-state index in [0.717, 1.165) is 61.1 Å². The third-order valence-corrected chi connectivity index (χ3v) is 5.21. The Morgan fingerprint density at radius 2 is 1.82 bits per heavy atom. The van der Waals surface area contributed by atoms with Crippen LogP contribution < -0.4 is 14.8 Å². The molecule has 3 rings (SSSR count). The summed E-state index contributed by atoms with van der Waals surface area (Å²) in [5.74, 6) is 1.47. The third kappa shape index (κ3) is 5.49. The Morgan fingerprint density at radius 1 is 1.00 bits per heavy atom. The average molecular weight is 383 g/mol. The van der Waals surface area contributed by atoms with E-state index in [4.69, 9.17) is 14.2 Å². The molecule has 150 valence electrons. The molecule has 2 aromatic carbocycles. The van der Waals surface area contributed by atoms with E-state index < -0.39 is 0 Å². The summed E-state index contributed by atoms with van der Waals surface area (Å²) in [6, 6.07) is 16.2. The lowest BCUT2D eigenvalue weighted by Gasteiger charge is -2.41. The third-order valence-electron chi connectivity index (χ3n) is 5.21. The van der Waals surface area contributed by atoms with Crippen molar-refractivity contribution in [3.8, 4) is 11.5 Å². The van der Waals surface area contributed by atoms with Crippen LogP contribution in [0.4, 0.5) is 0 Å². The maximum Gasteiger partial charge on any atom is 0.207 e. The lowest BCUT2D eigenvalue weighted by molar-refractivity contribution is -0.112. The Bertz CT molecular complexity index is 744. The van der Waals surface area contributed by atoms with Gasteiger partial charge in [-0.1, -0.05) is 36.4 Å². The highest BCUT2D eigenvalue weighted by Gasteiger charge is 2.36. The van der Waals surface area contributed by atoms with Crippen LogP contribution in [0.5, 0.6) is 11.5 Å². The lowest BCUT2D eigenvalue weighted by atomic mass is 9.73. The standard InChI is InChI=1S/C23H29NO4/c1-26-13-6-14-27-22-15-20(16-23(24-18-25)11-5-12-23)9-10-21(22)28-17-19-7-3-2-4-8-19/h2-4,7-10,15,18H,5-6,11-14,16-17H2,1H3,(H,24,25). The Kier molecular flexibility index (Phi) is 7.31. The fraction of sp³-hybridized carbons (Fsp3) is 0.435. The van der Waals surface area contributed by atoms with Crippen molar-refractivity contribution in [3.63, 3.8) is 0 Å². The molecule has 1 aliphatic rings. The van der Waals surface area contributed by atoms with Crippen LogP contribution in [0.3, 0.4) is 0 Å². The molecule has 2 aromatic rings. The normalized spacial score (nSPS) is 14.8. The second-order valence-corrected chi connectivity index (χ2v) is 7.32. The minimum absolute atomic E-state index is 0.110. The zero-order valence-corrected chi connectivity index (χ0v) is 16.5. The molecule has 0 atom stereocenters. The highest BCUT2D eigenvalue weighted by Crippen LogP contribution is 2.37. The first-order valence-electron chi connectivity index (χ1n) is 9.87. The minimum atomic E-state index is -0.110. The fourth-order valence-corrected chi connectivity index (χ4v) is 3.51. The van der Waals surface area contributed by atoms with E-state index in [1.807, 2.05) is 42.5 Å². The Balaban J connectivity index is 1.71. The number of rotatable bonds is 12. The van der Waals surface area contributed by atoms with Gasteiger partial charge < -0.3 is 19.5 Å². The predicted molar refractivity (Wildman–Crippen MR) is 109 cm³/mol. The van der Waals surface area contributed by atoms with Crippen LogP contribution in [0, 0.1) is 0 Å². The van der Waals surface area contributed by atoms with Gasteiger partial charge in [-0.15, -0.1) is 0 Å². The molecule has 1 saturated carbocycles. The number of benzene rings is 2. The summed E-state index contributed by atoms with van der Waals surface area (Å²) in [6.07, 6.45) is 5.62. The maximum atomic E-state index is 11.0. The molecule has 0 heterocycles. The zero-order valence-electron chi connectivity index (χ0n) is 16.5. The summed E-state index contributed by atoms with van der Waals surface area (Å²) >= 11 is 0. The number of ether oxygens (including phenoxy) is 3. The van der Waals surface area contributed by atoms with Gasteiger partial charge in [0, 0.05) is 25.7 Å². The first kappa shape index (κ1) is 20.2. The molecule has 1 amide bonds. The Hall–Kier alpha value is -2.53. The number of amides is 1. The summed E-state index contributed by atoms with van der Waals surface area (Å²) < 4.78 is 17.1. The van der Waals surface area contributed by atoms with Crippen molar-refractivity contribution in [2.24, 2.45) is 0 Å². The van der Waals surface area contributed by atoms with Crippen molar-refractivity contribution in [2.75, 3.05) is 20.3 Å². The van der Waals surface area contributed by atoms with Gasteiger partial charge in [-0.25, -0.2) is 0 Å². The van der Waals surface area contributed by atoms with Gasteiger partial charge in [0.05, 0.1) is 6.61 Å². The highest BCUT2D eigenvalue weighted by atomic mass is 16.5. The van der Waals surface area contributed by atoms with Gasteiger partial charge in [-0.2, -0.15) is 0 Å². The smallest absolute Gasteiger partial charge is 0.207 e. The predicted octanol–water partition coefficient (Wildman–Crippen LogP) is 3.89. The molecule has 0 spiro atoms. The van der Waals surface area contributed by atoms with Crippen LogP contribution in [-0.4, -0.2) is 32.3 Å². The van der Waals surface area contributed by atoms with Crippen molar-refractivity contribution in [2.45, 2.75) is 44.2 Å². The SMILES string of the molecule is COCCCOc1cc(CC2(NC=O)CCC2)ccc1OCc1ccccc1. The highest BCUT2D eigenvalue weighted by molar-refractivity contribution is 5.49. The van der Waals surface area contributed by atoms with E-state index >= 15 is 0 Å². The van der Waals surface area contributed by atoms with Gasteiger partial charge in [-0.05, 0) is 48.9 Å². The summed E-state index contributed by atoms with van der Waals surface area (Å²) in [4.78, 5) is 11.0. The van der Waals surface area contributed by atoms with Crippen LogP contribution in [0.2, 0.25) is 0 Å². The number of carbonyl (C=O) groups excluding carboxylic acids is 1. The molecule has 0 radical (unpaired) electrons. The summed E-state index contributed by atoms with van der Waals surface area (Å²) in [5.41, 5.74) is 2.14. The van der Waals surface area contributed by atoms with Crippen LogP contribution in [0.1, 0.15) is 36.8 Å². The van der Waals surface area contributed by atoms with E-state index in [9.17, 15) is 4.79 Å². The summed E-state index contributed by atoms with van der Waals surface area (Å²) in [6.45, 7) is 1.72. The molecule has 1 fully saturated rings. The van der Waals surface area contributed by atoms with Crippen LogP contribution in [-0.2, 0) is 22.6 Å². The lowest BCUT2D eigenvalue weighted by Crippen LogP contribution is -2.52. The molecular weight excluding hydrogens is 354 g/mol. The van der Waals surface area contributed by atoms with Gasteiger partial charge in [0.2, 0.25) is 6.41 Å².